The molecule has 1 aliphatic carbocycles. The Balaban J connectivity index is 0.00000176. The Hall–Kier alpha value is -0.796. The average Bonchev–Trinajstić information content (AvgIpc) is 3.15. The van der Waals surface area contributed by atoms with Crippen molar-refractivity contribution in [2.24, 2.45) is 5.92 Å². The van der Waals surface area contributed by atoms with Gasteiger partial charge in [-0.3, -0.25) is 4.79 Å². The normalized spacial score (nSPS) is 13.7. The van der Waals surface area contributed by atoms with E-state index in [9.17, 15) is 4.79 Å². The summed E-state index contributed by atoms with van der Waals surface area (Å²) in [6.45, 7) is 5.67. The largest absolute Gasteiger partial charge is 0.292 e. The number of hydrogen-bond donors (Lipinski definition) is 0. The maximum atomic E-state index is 12.4. The van der Waals surface area contributed by atoms with Gasteiger partial charge in [-0.15, -0.1) is 4.68 Å². The van der Waals surface area contributed by atoms with Gasteiger partial charge in [0.15, 0.2) is 6.20 Å². The van der Waals surface area contributed by atoms with E-state index in [0.717, 1.165) is 12.5 Å². The fourth-order valence-electron chi connectivity index (χ4n) is 2.84. The number of carbonyl (C=O) groups excluding carboxylic acids is 1. The van der Waals surface area contributed by atoms with Crippen molar-refractivity contribution in [1.29, 1.82) is 0 Å². The number of aromatic nitrogens is 2. The molecule has 0 saturated heterocycles. The minimum Gasteiger partial charge on any atom is -0.292 e. The summed E-state index contributed by atoms with van der Waals surface area (Å²) in [5.41, 5.74) is 3.60. The molecule has 1 aromatic heterocycles. The van der Waals surface area contributed by atoms with E-state index in [-0.39, 0.29) is 38.5 Å². The van der Waals surface area contributed by atoms with Crippen LogP contribution in [-0.4, -0.2) is 10.5 Å². The van der Waals surface area contributed by atoms with E-state index >= 15 is 0 Å². The summed E-state index contributed by atoms with van der Waals surface area (Å²) in [5.74, 6) is 1.09. The first kappa shape index (κ1) is 17.6. The van der Waals surface area contributed by atoms with Crippen LogP contribution in [0.15, 0.2) is 36.7 Å². The van der Waals surface area contributed by atoms with E-state index in [1.807, 2.05) is 23.0 Å². The second kappa shape index (κ2) is 7.65. The monoisotopic (exact) mass is 372 g/mol. The summed E-state index contributed by atoms with van der Waals surface area (Å²) in [6, 6.07) is 8.24. The van der Waals surface area contributed by atoms with Crippen molar-refractivity contribution in [3.8, 4) is 0 Å². The van der Waals surface area contributed by atoms with Gasteiger partial charge in [0.05, 0.1) is 12.7 Å². The van der Waals surface area contributed by atoms with Crippen LogP contribution in [-0.2, 0) is 57.0 Å². The standard InChI is InChI=1S/C18H23N2O.Y/c1-14-5-3-6-15(2)18(14)11-17(21)13-20-10-4-9-19(20)12-16-7-8-16;/h3-6,9-10,16H,7-8,11-13H2,1-2H3;/q+1;. The van der Waals surface area contributed by atoms with Gasteiger partial charge in [-0.1, -0.05) is 18.2 Å². The molecule has 0 unspecified atom stereocenters. The molecule has 3 rings (SSSR count). The summed E-state index contributed by atoms with van der Waals surface area (Å²) >= 11 is 0. The van der Waals surface area contributed by atoms with Gasteiger partial charge in [0, 0.05) is 45.2 Å². The minimum absolute atomic E-state index is 0. The molecule has 113 valence electrons. The zero-order valence-electron chi connectivity index (χ0n) is 13.5. The zero-order chi connectivity index (χ0) is 14.8. The molecule has 1 aliphatic rings. The molecular formula is C18H23N2OY+. The van der Waals surface area contributed by atoms with Crippen LogP contribution in [0, 0.1) is 19.8 Å². The predicted molar refractivity (Wildman–Crippen MR) is 82.0 cm³/mol. The van der Waals surface area contributed by atoms with E-state index in [2.05, 4.69) is 36.9 Å². The molecule has 1 heterocycles. The SMILES string of the molecule is Cc1cccc(C)c1CC(=O)C[n+]1cccn1CC1CC1.[Y]. The third-order valence-corrected chi connectivity index (χ3v) is 4.35. The molecule has 0 atom stereocenters. The van der Waals surface area contributed by atoms with E-state index in [0.29, 0.717) is 13.0 Å². The maximum Gasteiger partial charge on any atom is 0.230 e. The molecule has 0 bridgehead atoms. The van der Waals surface area contributed by atoms with Crippen LogP contribution in [0.3, 0.4) is 0 Å². The third-order valence-electron chi connectivity index (χ3n) is 4.35. The quantitative estimate of drug-likeness (QED) is 0.716. The molecule has 1 saturated carbocycles. The van der Waals surface area contributed by atoms with Crippen LogP contribution >= 0.6 is 0 Å². The van der Waals surface area contributed by atoms with Gasteiger partial charge in [-0.25, -0.2) is 0 Å². The van der Waals surface area contributed by atoms with Crippen LogP contribution in [0.25, 0.3) is 0 Å². The second-order valence-electron chi connectivity index (χ2n) is 6.24. The summed E-state index contributed by atoms with van der Waals surface area (Å²) in [4.78, 5) is 12.4. The third kappa shape index (κ3) is 4.36. The summed E-state index contributed by atoms with van der Waals surface area (Å²) in [7, 11) is 0. The molecule has 0 spiro atoms. The van der Waals surface area contributed by atoms with Gasteiger partial charge < -0.3 is 0 Å². The van der Waals surface area contributed by atoms with Crippen molar-refractivity contribution in [1.82, 2.24) is 4.68 Å². The topological polar surface area (TPSA) is 25.9 Å². The van der Waals surface area contributed by atoms with Crippen LogP contribution in [0.4, 0.5) is 0 Å². The number of rotatable bonds is 6. The minimum atomic E-state index is 0. The van der Waals surface area contributed by atoms with Crippen molar-refractivity contribution >= 4 is 5.78 Å². The zero-order valence-corrected chi connectivity index (χ0v) is 16.3. The number of ketones is 1. The van der Waals surface area contributed by atoms with Crippen LogP contribution < -0.4 is 4.68 Å². The van der Waals surface area contributed by atoms with E-state index in [1.54, 1.807) is 0 Å². The number of benzene rings is 1. The van der Waals surface area contributed by atoms with Gasteiger partial charge in [-0.2, -0.15) is 4.68 Å². The molecule has 0 aliphatic heterocycles. The molecule has 3 nitrogen and oxygen atoms in total. The molecule has 4 heteroatoms. The van der Waals surface area contributed by atoms with E-state index in [4.69, 9.17) is 0 Å². The number of carbonyl (C=O) groups is 1. The van der Waals surface area contributed by atoms with Gasteiger partial charge in [0.1, 0.15) is 0 Å². The van der Waals surface area contributed by atoms with Crippen LogP contribution in [0.2, 0.25) is 0 Å². The summed E-state index contributed by atoms with van der Waals surface area (Å²) < 4.78 is 4.23. The van der Waals surface area contributed by atoms with Gasteiger partial charge in [0.2, 0.25) is 12.3 Å². The number of hydrogen-bond acceptors (Lipinski definition) is 1. The maximum absolute atomic E-state index is 12.4. The number of nitrogens with zero attached hydrogens (tertiary/aromatic N) is 2. The molecule has 22 heavy (non-hydrogen) atoms. The Morgan fingerprint density at radius 1 is 1.23 bits per heavy atom. The fraction of sp³-hybridized carbons (Fsp3) is 0.444. The Kier molecular flexibility index (Phi) is 6.11. The molecule has 2 aromatic rings. The average molecular weight is 372 g/mol. The Morgan fingerprint density at radius 3 is 2.55 bits per heavy atom. The van der Waals surface area contributed by atoms with Crippen molar-refractivity contribution in [2.75, 3.05) is 0 Å². The summed E-state index contributed by atoms with van der Waals surface area (Å²) in [5, 5.41) is 0. The fourth-order valence-corrected chi connectivity index (χ4v) is 2.84. The molecule has 0 amide bonds. The first-order valence-electron chi connectivity index (χ1n) is 7.75. The Bertz CT molecular complexity index is 639. The first-order valence-corrected chi connectivity index (χ1v) is 7.75. The van der Waals surface area contributed by atoms with Crippen molar-refractivity contribution in [3.05, 3.63) is 53.3 Å². The van der Waals surface area contributed by atoms with E-state index < -0.39 is 0 Å². The number of Topliss-reactive ketones (excluding diaryl/α,β-unsaturated/α-hetero) is 1. The predicted octanol–water partition coefficient (Wildman–Crippen LogP) is 2.61. The Morgan fingerprint density at radius 2 is 1.91 bits per heavy atom. The van der Waals surface area contributed by atoms with Crippen LogP contribution in [0.1, 0.15) is 29.5 Å². The van der Waals surface area contributed by atoms with Gasteiger partial charge in [-0.05, 0) is 49.3 Å². The molecule has 1 radical (unpaired) electrons. The Labute approximate surface area is 157 Å². The first-order chi connectivity index (χ1) is 10.1. The van der Waals surface area contributed by atoms with E-state index in [1.165, 1.54) is 29.5 Å². The molecular weight excluding hydrogens is 349 g/mol. The van der Waals surface area contributed by atoms with Gasteiger partial charge >= 0.3 is 0 Å². The van der Waals surface area contributed by atoms with Gasteiger partial charge in [0.25, 0.3) is 0 Å². The van der Waals surface area contributed by atoms with Crippen molar-refractivity contribution < 1.29 is 42.2 Å². The molecule has 1 aromatic carbocycles. The van der Waals surface area contributed by atoms with Crippen molar-refractivity contribution in [2.45, 2.75) is 46.2 Å². The molecule has 0 N–H and O–H groups in total. The summed E-state index contributed by atoms with van der Waals surface area (Å²) in [6.07, 6.45) is 7.26. The molecule has 1 fully saturated rings. The second-order valence-corrected chi connectivity index (χ2v) is 6.24. The smallest absolute Gasteiger partial charge is 0.230 e. The van der Waals surface area contributed by atoms with Crippen LogP contribution in [0.5, 0.6) is 0 Å². The van der Waals surface area contributed by atoms with Crippen molar-refractivity contribution in [3.63, 3.8) is 0 Å². The number of aryl methyl sites for hydroxylation is 2.